The highest BCUT2D eigenvalue weighted by Gasteiger charge is 2.13. The van der Waals surface area contributed by atoms with Gasteiger partial charge in [0.05, 0.1) is 12.2 Å². The van der Waals surface area contributed by atoms with E-state index >= 15 is 0 Å². The minimum Gasteiger partial charge on any atom is -0.381 e. The summed E-state index contributed by atoms with van der Waals surface area (Å²) in [6.45, 7) is 7.73. The van der Waals surface area contributed by atoms with Crippen molar-refractivity contribution in [3.63, 3.8) is 0 Å². The lowest BCUT2D eigenvalue weighted by Gasteiger charge is -2.21. The van der Waals surface area contributed by atoms with Gasteiger partial charge in [-0.3, -0.25) is 0 Å². The van der Waals surface area contributed by atoms with Crippen LogP contribution in [0.25, 0.3) is 5.69 Å². The summed E-state index contributed by atoms with van der Waals surface area (Å²) in [7, 11) is 0. The molecule has 1 fully saturated rings. The third-order valence-corrected chi connectivity index (χ3v) is 4.84. The number of aromatic nitrogens is 3. The molecule has 158 valence electrons. The van der Waals surface area contributed by atoms with E-state index in [4.69, 9.17) is 9.47 Å². The summed E-state index contributed by atoms with van der Waals surface area (Å²) in [5.74, 6) is 1.49. The Kier molecular flexibility index (Phi) is 8.93. The Labute approximate surface area is 172 Å². The van der Waals surface area contributed by atoms with Crippen LogP contribution in [0.15, 0.2) is 41.9 Å². The van der Waals surface area contributed by atoms with Gasteiger partial charge in [0.15, 0.2) is 5.96 Å². The standard InChI is InChI=1S/C21H32N6O2/c1-2-23-21(24-10-3-11-29-15-19-8-12-28-13-9-19)25-14-18-4-6-20(7-5-18)27-17-22-16-26-27/h4-7,16-17,19H,2-3,8-15H2,1H3,(H2,23,24,25). The van der Waals surface area contributed by atoms with Crippen LogP contribution in [-0.4, -0.2) is 60.2 Å². The van der Waals surface area contributed by atoms with Crippen molar-refractivity contribution < 1.29 is 9.47 Å². The van der Waals surface area contributed by atoms with Crippen molar-refractivity contribution in [3.8, 4) is 5.69 Å². The zero-order chi connectivity index (χ0) is 20.2. The summed E-state index contributed by atoms with van der Waals surface area (Å²) in [4.78, 5) is 8.64. The molecule has 1 aliphatic rings. The van der Waals surface area contributed by atoms with E-state index in [9.17, 15) is 0 Å². The van der Waals surface area contributed by atoms with Crippen molar-refractivity contribution in [2.75, 3.05) is 39.5 Å². The lowest BCUT2D eigenvalue weighted by Crippen LogP contribution is -2.38. The molecule has 0 bridgehead atoms. The molecule has 0 atom stereocenters. The first-order chi connectivity index (χ1) is 14.3. The molecule has 1 saturated heterocycles. The van der Waals surface area contributed by atoms with E-state index in [1.807, 2.05) is 12.1 Å². The molecule has 0 spiro atoms. The highest BCUT2D eigenvalue weighted by atomic mass is 16.5. The van der Waals surface area contributed by atoms with Crippen LogP contribution in [0.1, 0.15) is 31.7 Å². The summed E-state index contributed by atoms with van der Waals surface area (Å²) in [5.41, 5.74) is 2.13. The predicted octanol–water partition coefficient (Wildman–Crippen LogP) is 2.16. The molecule has 3 rings (SSSR count). The summed E-state index contributed by atoms with van der Waals surface area (Å²) in [5, 5.41) is 10.8. The van der Waals surface area contributed by atoms with Crippen LogP contribution in [0.3, 0.4) is 0 Å². The number of nitrogens with one attached hydrogen (secondary N) is 2. The fourth-order valence-corrected chi connectivity index (χ4v) is 3.15. The molecule has 29 heavy (non-hydrogen) atoms. The molecular formula is C21H32N6O2. The molecule has 8 nitrogen and oxygen atoms in total. The van der Waals surface area contributed by atoms with Crippen LogP contribution >= 0.6 is 0 Å². The van der Waals surface area contributed by atoms with Crippen LogP contribution in [-0.2, 0) is 16.0 Å². The first kappa shape index (κ1) is 21.3. The summed E-state index contributed by atoms with van der Waals surface area (Å²) in [6, 6.07) is 8.17. The summed E-state index contributed by atoms with van der Waals surface area (Å²) >= 11 is 0. The van der Waals surface area contributed by atoms with Gasteiger partial charge in [0.25, 0.3) is 0 Å². The molecule has 0 unspecified atom stereocenters. The summed E-state index contributed by atoms with van der Waals surface area (Å²) in [6.07, 6.45) is 6.42. The van der Waals surface area contributed by atoms with Gasteiger partial charge in [0.1, 0.15) is 12.7 Å². The quantitative estimate of drug-likeness (QED) is 0.361. The number of hydrogen-bond donors (Lipinski definition) is 2. The maximum atomic E-state index is 5.82. The lowest BCUT2D eigenvalue weighted by atomic mass is 10.0. The molecule has 2 N–H and O–H groups in total. The average molecular weight is 401 g/mol. The van der Waals surface area contributed by atoms with E-state index in [2.05, 4.69) is 44.8 Å². The van der Waals surface area contributed by atoms with Gasteiger partial charge in [-0.25, -0.2) is 14.7 Å². The summed E-state index contributed by atoms with van der Waals surface area (Å²) < 4.78 is 12.9. The maximum absolute atomic E-state index is 5.82. The van der Waals surface area contributed by atoms with Crippen LogP contribution < -0.4 is 10.6 Å². The normalized spacial score (nSPS) is 15.4. The topological polar surface area (TPSA) is 85.6 Å². The van der Waals surface area contributed by atoms with Crippen molar-refractivity contribution in [2.24, 2.45) is 10.9 Å². The van der Waals surface area contributed by atoms with Crippen LogP contribution in [0.4, 0.5) is 0 Å². The van der Waals surface area contributed by atoms with Crippen molar-refractivity contribution in [1.29, 1.82) is 0 Å². The van der Waals surface area contributed by atoms with Crippen LogP contribution in [0.5, 0.6) is 0 Å². The lowest BCUT2D eigenvalue weighted by molar-refractivity contribution is 0.0203. The van der Waals surface area contributed by atoms with Gasteiger partial charge in [-0.2, -0.15) is 5.10 Å². The molecule has 1 aromatic carbocycles. The van der Waals surface area contributed by atoms with Gasteiger partial charge >= 0.3 is 0 Å². The van der Waals surface area contributed by atoms with Crippen LogP contribution in [0.2, 0.25) is 0 Å². The van der Waals surface area contributed by atoms with E-state index in [1.54, 1.807) is 11.0 Å². The third kappa shape index (κ3) is 7.47. The molecule has 0 aliphatic carbocycles. The van der Waals surface area contributed by atoms with Gasteiger partial charge in [0, 0.05) is 39.5 Å². The van der Waals surface area contributed by atoms with Gasteiger partial charge in [-0.05, 0) is 49.8 Å². The minimum atomic E-state index is 0.618. The van der Waals surface area contributed by atoms with E-state index in [-0.39, 0.29) is 0 Å². The fourth-order valence-electron chi connectivity index (χ4n) is 3.15. The number of nitrogens with zero attached hydrogens (tertiary/aromatic N) is 4. The third-order valence-electron chi connectivity index (χ3n) is 4.84. The van der Waals surface area contributed by atoms with Crippen molar-refractivity contribution in [1.82, 2.24) is 25.4 Å². The van der Waals surface area contributed by atoms with Gasteiger partial charge in [0.2, 0.25) is 0 Å². The first-order valence-corrected chi connectivity index (χ1v) is 10.5. The number of rotatable bonds is 10. The Bertz CT molecular complexity index is 711. The average Bonchev–Trinajstić information content (AvgIpc) is 3.30. The molecule has 1 aliphatic heterocycles. The molecule has 2 aromatic rings. The highest BCUT2D eigenvalue weighted by Crippen LogP contribution is 2.14. The van der Waals surface area contributed by atoms with E-state index in [1.165, 1.54) is 6.33 Å². The molecule has 0 saturated carbocycles. The molecule has 2 heterocycles. The monoisotopic (exact) mass is 400 g/mol. The zero-order valence-electron chi connectivity index (χ0n) is 17.2. The van der Waals surface area contributed by atoms with E-state index in [0.29, 0.717) is 12.5 Å². The zero-order valence-corrected chi connectivity index (χ0v) is 17.2. The SMILES string of the molecule is CCNC(=NCc1ccc(-n2cncn2)cc1)NCCCOCC1CCOCC1. The van der Waals surface area contributed by atoms with Gasteiger partial charge in [-0.1, -0.05) is 12.1 Å². The Balaban J connectivity index is 1.36. The largest absolute Gasteiger partial charge is 0.381 e. The first-order valence-electron chi connectivity index (χ1n) is 10.5. The Morgan fingerprint density at radius 2 is 2.07 bits per heavy atom. The van der Waals surface area contributed by atoms with Crippen molar-refractivity contribution in [3.05, 3.63) is 42.5 Å². The van der Waals surface area contributed by atoms with E-state index in [0.717, 1.165) is 76.0 Å². The highest BCUT2D eigenvalue weighted by molar-refractivity contribution is 5.79. The molecule has 0 radical (unpaired) electrons. The van der Waals surface area contributed by atoms with E-state index < -0.39 is 0 Å². The second kappa shape index (κ2) is 12.2. The number of ether oxygens (including phenoxy) is 2. The fraction of sp³-hybridized carbons (Fsp3) is 0.571. The Hall–Kier alpha value is -2.45. The molecular weight excluding hydrogens is 368 g/mol. The molecule has 8 heteroatoms. The second-order valence-corrected chi connectivity index (χ2v) is 7.11. The number of guanidine groups is 1. The van der Waals surface area contributed by atoms with Crippen molar-refractivity contribution >= 4 is 5.96 Å². The van der Waals surface area contributed by atoms with Crippen LogP contribution in [0, 0.1) is 5.92 Å². The number of aliphatic imine (C=N–C) groups is 1. The van der Waals surface area contributed by atoms with Crippen molar-refractivity contribution in [2.45, 2.75) is 32.7 Å². The predicted molar refractivity (Wildman–Crippen MR) is 113 cm³/mol. The minimum absolute atomic E-state index is 0.618. The molecule has 1 aromatic heterocycles. The molecule has 0 amide bonds. The second-order valence-electron chi connectivity index (χ2n) is 7.11. The smallest absolute Gasteiger partial charge is 0.191 e. The Morgan fingerprint density at radius 3 is 2.79 bits per heavy atom. The number of hydrogen-bond acceptors (Lipinski definition) is 5. The Morgan fingerprint density at radius 1 is 1.24 bits per heavy atom. The van der Waals surface area contributed by atoms with Gasteiger partial charge < -0.3 is 20.1 Å². The van der Waals surface area contributed by atoms with Gasteiger partial charge in [-0.15, -0.1) is 0 Å². The maximum Gasteiger partial charge on any atom is 0.191 e. The number of benzene rings is 1.